The summed E-state index contributed by atoms with van der Waals surface area (Å²) in [7, 11) is 1.63. The molecule has 32 heavy (non-hydrogen) atoms. The standard InChI is InChI=1S/C24H30N2O4S2/c1-14-8-9-15(2)21(16(14)3)30-12-17(27)13-31-24-25-22-20(18-6-5-7-19(18)32-22)23(28)26(24)10-11-29-4/h8-9,17,27H,5-7,10-13H2,1-4H3. The molecule has 0 saturated carbocycles. The lowest BCUT2D eigenvalue weighted by atomic mass is 10.1. The van der Waals surface area contributed by atoms with Crippen LogP contribution in [0, 0.1) is 20.8 Å². The van der Waals surface area contributed by atoms with Crippen LogP contribution in [0.3, 0.4) is 0 Å². The summed E-state index contributed by atoms with van der Waals surface area (Å²) in [6.45, 7) is 7.16. The first-order valence-corrected chi connectivity index (χ1v) is 12.8. The van der Waals surface area contributed by atoms with E-state index in [2.05, 4.69) is 13.0 Å². The van der Waals surface area contributed by atoms with Gasteiger partial charge in [-0.05, 0) is 62.3 Å². The molecule has 1 N–H and O–H groups in total. The molecule has 0 radical (unpaired) electrons. The van der Waals surface area contributed by atoms with Crippen molar-refractivity contribution in [3.8, 4) is 5.75 Å². The van der Waals surface area contributed by atoms with Crippen molar-refractivity contribution in [1.29, 1.82) is 0 Å². The second-order valence-corrected chi connectivity index (χ2v) is 10.4. The van der Waals surface area contributed by atoms with Crippen molar-refractivity contribution in [3.05, 3.63) is 49.6 Å². The zero-order chi connectivity index (χ0) is 22.8. The number of methoxy groups -OCH3 is 1. The predicted molar refractivity (Wildman–Crippen MR) is 131 cm³/mol. The first-order valence-electron chi connectivity index (χ1n) is 10.9. The van der Waals surface area contributed by atoms with E-state index in [-0.39, 0.29) is 12.2 Å². The Labute approximate surface area is 196 Å². The minimum Gasteiger partial charge on any atom is -0.490 e. The number of aliphatic hydroxyl groups is 1. The van der Waals surface area contributed by atoms with Crippen LogP contribution >= 0.6 is 23.1 Å². The number of hydrogen-bond acceptors (Lipinski definition) is 7. The number of fused-ring (bicyclic) bond motifs is 3. The average Bonchev–Trinajstić information content (AvgIpc) is 3.35. The number of aromatic nitrogens is 2. The molecule has 6 nitrogen and oxygen atoms in total. The van der Waals surface area contributed by atoms with E-state index < -0.39 is 6.10 Å². The van der Waals surface area contributed by atoms with Crippen molar-refractivity contribution in [2.45, 2.75) is 57.8 Å². The van der Waals surface area contributed by atoms with Crippen LogP contribution in [0.4, 0.5) is 0 Å². The molecule has 172 valence electrons. The van der Waals surface area contributed by atoms with E-state index in [1.54, 1.807) is 23.0 Å². The average molecular weight is 475 g/mol. The van der Waals surface area contributed by atoms with E-state index in [0.29, 0.717) is 24.1 Å². The summed E-state index contributed by atoms with van der Waals surface area (Å²) in [5.74, 6) is 1.22. The summed E-state index contributed by atoms with van der Waals surface area (Å²) in [5.41, 5.74) is 4.50. The molecule has 0 amide bonds. The van der Waals surface area contributed by atoms with E-state index in [1.807, 2.05) is 19.9 Å². The Bertz CT molecular complexity index is 1190. The Morgan fingerprint density at radius 1 is 1.25 bits per heavy atom. The number of benzene rings is 1. The molecule has 1 atom stereocenters. The van der Waals surface area contributed by atoms with Crippen LogP contribution in [0.1, 0.15) is 33.6 Å². The highest BCUT2D eigenvalue weighted by atomic mass is 32.2. The first-order chi connectivity index (χ1) is 15.4. The fourth-order valence-corrected chi connectivity index (χ4v) is 6.33. The topological polar surface area (TPSA) is 73.6 Å². The molecule has 1 unspecified atom stereocenters. The highest BCUT2D eigenvalue weighted by molar-refractivity contribution is 7.99. The fraction of sp³-hybridized carbons (Fsp3) is 0.500. The number of thiophene rings is 1. The number of aryl methyl sites for hydroxylation is 4. The number of hydrogen-bond donors (Lipinski definition) is 1. The monoisotopic (exact) mass is 474 g/mol. The van der Waals surface area contributed by atoms with Crippen molar-refractivity contribution >= 4 is 33.3 Å². The third kappa shape index (κ3) is 4.59. The molecule has 3 aromatic rings. The Balaban J connectivity index is 1.51. The highest BCUT2D eigenvalue weighted by Gasteiger charge is 2.23. The quantitative estimate of drug-likeness (QED) is 0.373. The van der Waals surface area contributed by atoms with Gasteiger partial charge in [0.1, 0.15) is 17.2 Å². The maximum absolute atomic E-state index is 13.3. The molecule has 1 aromatic carbocycles. The molecule has 8 heteroatoms. The van der Waals surface area contributed by atoms with Gasteiger partial charge in [-0.1, -0.05) is 23.9 Å². The summed E-state index contributed by atoms with van der Waals surface area (Å²) in [5, 5.41) is 12.0. The van der Waals surface area contributed by atoms with Crippen LogP contribution in [-0.4, -0.2) is 46.8 Å². The van der Waals surface area contributed by atoms with E-state index in [1.165, 1.54) is 22.2 Å². The molecular weight excluding hydrogens is 444 g/mol. The SMILES string of the molecule is COCCn1c(SCC(O)COc2c(C)ccc(C)c2C)nc2sc3c(c2c1=O)CCC3. The molecular formula is C24H30N2O4S2. The fourth-order valence-electron chi connectivity index (χ4n) is 4.09. The van der Waals surface area contributed by atoms with Crippen LogP contribution in [0.25, 0.3) is 10.2 Å². The van der Waals surface area contributed by atoms with Crippen molar-refractivity contribution in [2.24, 2.45) is 0 Å². The molecule has 2 heterocycles. The van der Waals surface area contributed by atoms with E-state index in [0.717, 1.165) is 51.9 Å². The van der Waals surface area contributed by atoms with Gasteiger partial charge in [0.2, 0.25) is 0 Å². The number of rotatable bonds is 9. The Morgan fingerprint density at radius 2 is 2.03 bits per heavy atom. The van der Waals surface area contributed by atoms with Crippen LogP contribution in [-0.2, 0) is 24.1 Å². The largest absolute Gasteiger partial charge is 0.490 e. The van der Waals surface area contributed by atoms with Crippen LogP contribution in [0.2, 0.25) is 0 Å². The molecule has 0 fully saturated rings. The second kappa shape index (κ2) is 9.95. The van der Waals surface area contributed by atoms with Gasteiger partial charge in [-0.25, -0.2) is 4.98 Å². The summed E-state index contributed by atoms with van der Waals surface area (Å²) < 4.78 is 12.9. The van der Waals surface area contributed by atoms with Crippen molar-refractivity contribution in [2.75, 3.05) is 26.1 Å². The summed E-state index contributed by atoms with van der Waals surface area (Å²) >= 11 is 3.03. The molecule has 1 aliphatic carbocycles. The zero-order valence-electron chi connectivity index (χ0n) is 19.1. The van der Waals surface area contributed by atoms with Gasteiger partial charge in [0.05, 0.1) is 24.6 Å². The van der Waals surface area contributed by atoms with E-state index in [9.17, 15) is 9.90 Å². The predicted octanol–water partition coefficient (Wildman–Crippen LogP) is 4.05. The van der Waals surface area contributed by atoms with Gasteiger partial charge in [0.15, 0.2) is 5.16 Å². The second-order valence-electron chi connectivity index (χ2n) is 8.31. The number of thioether (sulfide) groups is 1. The summed E-state index contributed by atoms with van der Waals surface area (Å²) in [4.78, 5) is 20.2. The van der Waals surface area contributed by atoms with Gasteiger partial charge < -0.3 is 14.6 Å². The minimum atomic E-state index is -0.684. The molecule has 0 saturated heterocycles. The van der Waals surface area contributed by atoms with Gasteiger partial charge in [-0.2, -0.15) is 0 Å². The number of aliphatic hydroxyl groups excluding tert-OH is 1. The molecule has 0 spiro atoms. The molecule has 2 aromatic heterocycles. The van der Waals surface area contributed by atoms with Crippen LogP contribution < -0.4 is 10.3 Å². The summed E-state index contributed by atoms with van der Waals surface area (Å²) in [6, 6.07) is 4.11. The maximum Gasteiger partial charge on any atom is 0.263 e. The Hall–Kier alpha value is -1.87. The van der Waals surface area contributed by atoms with Gasteiger partial charge in [0.25, 0.3) is 5.56 Å². The van der Waals surface area contributed by atoms with E-state index >= 15 is 0 Å². The lowest BCUT2D eigenvalue weighted by molar-refractivity contribution is 0.125. The van der Waals surface area contributed by atoms with Crippen LogP contribution in [0.5, 0.6) is 5.75 Å². The van der Waals surface area contributed by atoms with Crippen molar-refractivity contribution in [3.63, 3.8) is 0 Å². The molecule has 1 aliphatic rings. The van der Waals surface area contributed by atoms with Gasteiger partial charge in [-0.15, -0.1) is 11.3 Å². The third-order valence-electron chi connectivity index (χ3n) is 6.01. The first kappa shape index (κ1) is 23.3. The number of nitrogens with zero attached hydrogens (tertiary/aromatic N) is 2. The molecule has 4 rings (SSSR count). The van der Waals surface area contributed by atoms with Gasteiger partial charge in [0, 0.05) is 17.7 Å². The smallest absolute Gasteiger partial charge is 0.263 e. The maximum atomic E-state index is 13.3. The Kier molecular flexibility index (Phi) is 7.24. The van der Waals surface area contributed by atoms with Crippen molar-refractivity contribution < 1.29 is 14.6 Å². The summed E-state index contributed by atoms with van der Waals surface area (Å²) in [6.07, 6.45) is 2.41. The normalized spacial score (nSPS) is 14.2. The number of ether oxygens (including phenoxy) is 2. The lowest BCUT2D eigenvalue weighted by Crippen LogP contribution is -2.26. The third-order valence-corrected chi connectivity index (χ3v) is 8.31. The van der Waals surface area contributed by atoms with Crippen LogP contribution in [0.15, 0.2) is 22.1 Å². The zero-order valence-corrected chi connectivity index (χ0v) is 20.7. The van der Waals surface area contributed by atoms with Gasteiger partial charge >= 0.3 is 0 Å². The lowest BCUT2D eigenvalue weighted by Gasteiger charge is -2.17. The van der Waals surface area contributed by atoms with Crippen molar-refractivity contribution in [1.82, 2.24) is 9.55 Å². The Morgan fingerprint density at radius 3 is 2.81 bits per heavy atom. The van der Waals surface area contributed by atoms with Gasteiger partial charge in [-0.3, -0.25) is 9.36 Å². The molecule has 0 bridgehead atoms. The van der Waals surface area contributed by atoms with E-state index in [4.69, 9.17) is 14.5 Å². The molecule has 0 aliphatic heterocycles. The minimum absolute atomic E-state index is 0.00528. The highest BCUT2D eigenvalue weighted by Crippen LogP contribution is 2.35.